The van der Waals surface area contributed by atoms with Gasteiger partial charge in [-0.05, 0) is 60.5 Å². The molecule has 0 radical (unpaired) electrons. The summed E-state index contributed by atoms with van der Waals surface area (Å²) in [7, 11) is 0. The molecule has 1 aliphatic carbocycles. The van der Waals surface area contributed by atoms with Crippen LogP contribution in [-0.4, -0.2) is 6.54 Å². The summed E-state index contributed by atoms with van der Waals surface area (Å²) in [6.07, 6.45) is 2.41. The summed E-state index contributed by atoms with van der Waals surface area (Å²) in [5.74, 6) is 0.699. The molecule has 2 aromatic rings. The van der Waals surface area contributed by atoms with Crippen LogP contribution in [0.3, 0.4) is 0 Å². The molecular formula is C19H22BrN. The Morgan fingerprint density at radius 2 is 2.05 bits per heavy atom. The van der Waals surface area contributed by atoms with Crippen molar-refractivity contribution in [3.63, 3.8) is 0 Å². The molecule has 1 nitrogen and oxygen atoms in total. The molecule has 0 aliphatic heterocycles. The predicted molar refractivity (Wildman–Crippen MR) is 92.8 cm³/mol. The normalized spacial score (nSPS) is 18.0. The quantitative estimate of drug-likeness (QED) is 0.792. The van der Waals surface area contributed by atoms with Crippen LogP contribution in [0, 0.1) is 6.92 Å². The molecule has 0 saturated heterocycles. The average molecular weight is 344 g/mol. The maximum atomic E-state index is 3.66. The van der Waals surface area contributed by atoms with E-state index in [0.29, 0.717) is 12.0 Å². The van der Waals surface area contributed by atoms with Crippen LogP contribution in [0.25, 0.3) is 0 Å². The van der Waals surface area contributed by atoms with E-state index in [1.54, 1.807) is 5.56 Å². The lowest BCUT2D eigenvalue weighted by molar-refractivity contribution is 0.436. The number of fused-ring (bicyclic) bond motifs is 1. The lowest BCUT2D eigenvalue weighted by Gasteiger charge is -2.33. The fourth-order valence-corrected chi connectivity index (χ4v) is 3.66. The third-order valence-corrected chi connectivity index (χ3v) is 5.38. The van der Waals surface area contributed by atoms with Crippen LogP contribution in [-0.2, 0) is 6.42 Å². The molecule has 3 rings (SSSR count). The fraction of sp³-hybridized carbons (Fsp3) is 0.368. The number of rotatable bonds is 5. The second-order valence-corrected chi connectivity index (χ2v) is 6.81. The van der Waals surface area contributed by atoms with Gasteiger partial charge in [0.15, 0.2) is 0 Å². The minimum atomic E-state index is 0.435. The summed E-state index contributed by atoms with van der Waals surface area (Å²) < 4.78 is 1.21. The monoisotopic (exact) mass is 343 g/mol. The zero-order chi connectivity index (χ0) is 14.8. The molecule has 0 saturated carbocycles. The standard InChI is InChI=1S/C19H22BrN/c1-3-21-19(15-9-8-13(2)18(20)11-15)12-16-10-14-6-4-5-7-17(14)16/h4-9,11,16,19,21H,3,10,12H2,1-2H3. The Bertz CT molecular complexity index is 635. The molecule has 2 heteroatoms. The molecule has 2 unspecified atom stereocenters. The van der Waals surface area contributed by atoms with Crippen LogP contribution in [0.15, 0.2) is 46.9 Å². The Morgan fingerprint density at radius 3 is 2.76 bits per heavy atom. The van der Waals surface area contributed by atoms with Gasteiger partial charge in [-0.3, -0.25) is 0 Å². The Balaban J connectivity index is 1.78. The van der Waals surface area contributed by atoms with Gasteiger partial charge in [0.05, 0.1) is 0 Å². The highest BCUT2D eigenvalue weighted by Gasteiger charge is 2.28. The van der Waals surface area contributed by atoms with Crippen molar-refractivity contribution in [2.75, 3.05) is 6.54 Å². The maximum Gasteiger partial charge on any atom is 0.0326 e. The molecule has 0 aromatic heterocycles. The minimum absolute atomic E-state index is 0.435. The van der Waals surface area contributed by atoms with Gasteiger partial charge in [-0.25, -0.2) is 0 Å². The number of aryl methyl sites for hydroxylation is 1. The molecule has 1 N–H and O–H groups in total. The largest absolute Gasteiger partial charge is 0.310 e. The molecule has 0 fully saturated rings. The molecule has 0 bridgehead atoms. The first kappa shape index (κ1) is 14.8. The zero-order valence-corrected chi connectivity index (χ0v) is 14.3. The van der Waals surface area contributed by atoms with Gasteiger partial charge in [0.25, 0.3) is 0 Å². The van der Waals surface area contributed by atoms with E-state index < -0.39 is 0 Å². The van der Waals surface area contributed by atoms with Crippen molar-refractivity contribution in [2.45, 2.75) is 38.6 Å². The predicted octanol–water partition coefficient (Wildman–Crippen LogP) is 5.14. The number of hydrogen-bond acceptors (Lipinski definition) is 1. The smallest absolute Gasteiger partial charge is 0.0326 e. The lowest BCUT2D eigenvalue weighted by atomic mass is 9.74. The van der Waals surface area contributed by atoms with Crippen LogP contribution in [0.4, 0.5) is 0 Å². The van der Waals surface area contributed by atoms with Crippen LogP contribution in [0.1, 0.15) is 47.6 Å². The van der Waals surface area contributed by atoms with Crippen molar-refractivity contribution in [2.24, 2.45) is 0 Å². The van der Waals surface area contributed by atoms with Crippen LogP contribution < -0.4 is 5.32 Å². The van der Waals surface area contributed by atoms with Gasteiger partial charge in [0.2, 0.25) is 0 Å². The first-order valence-electron chi connectivity index (χ1n) is 7.76. The van der Waals surface area contributed by atoms with E-state index in [4.69, 9.17) is 0 Å². The highest BCUT2D eigenvalue weighted by molar-refractivity contribution is 9.10. The summed E-state index contributed by atoms with van der Waals surface area (Å²) in [6, 6.07) is 16.0. The Hall–Kier alpha value is -1.12. The summed E-state index contributed by atoms with van der Waals surface area (Å²) in [4.78, 5) is 0. The van der Waals surface area contributed by atoms with E-state index in [2.05, 4.69) is 77.6 Å². The lowest BCUT2D eigenvalue weighted by Crippen LogP contribution is -2.27. The molecule has 2 aromatic carbocycles. The second-order valence-electron chi connectivity index (χ2n) is 5.95. The van der Waals surface area contributed by atoms with Crippen molar-refractivity contribution in [3.05, 3.63) is 69.2 Å². The molecular weight excluding hydrogens is 322 g/mol. The van der Waals surface area contributed by atoms with Gasteiger partial charge in [-0.1, -0.05) is 59.3 Å². The first-order chi connectivity index (χ1) is 10.2. The molecule has 110 valence electrons. The third-order valence-electron chi connectivity index (χ3n) is 4.53. The van der Waals surface area contributed by atoms with Crippen molar-refractivity contribution in [1.29, 1.82) is 0 Å². The molecule has 0 heterocycles. The molecule has 0 amide bonds. The Kier molecular flexibility index (Phi) is 4.46. The first-order valence-corrected chi connectivity index (χ1v) is 8.55. The van der Waals surface area contributed by atoms with Crippen LogP contribution in [0.5, 0.6) is 0 Å². The topological polar surface area (TPSA) is 12.0 Å². The molecule has 21 heavy (non-hydrogen) atoms. The maximum absolute atomic E-state index is 3.66. The van der Waals surface area contributed by atoms with Crippen molar-refractivity contribution < 1.29 is 0 Å². The van der Waals surface area contributed by atoms with Gasteiger partial charge < -0.3 is 5.32 Å². The van der Waals surface area contributed by atoms with Crippen molar-refractivity contribution in [1.82, 2.24) is 5.32 Å². The summed E-state index contributed by atoms with van der Waals surface area (Å²) in [6.45, 7) is 5.33. The zero-order valence-electron chi connectivity index (χ0n) is 12.7. The molecule has 2 atom stereocenters. The van der Waals surface area contributed by atoms with E-state index in [0.717, 1.165) is 6.54 Å². The summed E-state index contributed by atoms with van der Waals surface area (Å²) in [5, 5.41) is 3.65. The molecule has 0 spiro atoms. The third kappa shape index (κ3) is 3.07. The average Bonchev–Trinajstić information content (AvgIpc) is 2.46. The highest BCUT2D eigenvalue weighted by atomic mass is 79.9. The van der Waals surface area contributed by atoms with Gasteiger partial charge in [-0.15, -0.1) is 0 Å². The van der Waals surface area contributed by atoms with E-state index in [1.807, 2.05) is 0 Å². The van der Waals surface area contributed by atoms with Crippen molar-refractivity contribution >= 4 is 15.9 Å². The van der Waals surface area contributed by atoms with Gasteiger partial charge in [0.1, 0.15) is 0 Å². The SMILES string of the molecule is CCNC(CC1Cc2ccccc21)c1ccc(C)c(Br)c1. The van der Waals surface area contributed by atoms with E-state index in [-0.39, 0.29) is 0 Å². The number of hydrogen-bond donors (Lipinski definition) is 1. The van der Waals surface area contributed by atoms with Crippen LogP contribution in [0.2, 0.25) is 0 Å². The molecule has 1 aliphatic rings. The van der Waals surface area contributed by atoms with Gasteiger partial charge in [-0.2, -0.15) is 0 Å². The Labute approximate surface area is 135 Å². The number of nitrogens with one attached hydrogen (secondary N) is 1. The van der Waals surface area contributed by atoms with E-state index in [1.165, 1.54) is 34.0 Å². The fourth-order valence-electron chi connectivity index (χ4n) is 3.27. The summed E-state index contributed by atoms with van der Waals surface area (Å²) >= 11 is 3.66. The van der Waals surface area contributed by atoms with Gasteiger partial charge in [0, 0.05) is 10.5 Å². The minimum Gasteiger partial charge on any atom is -0.310 e. The van der Waals surface area contributed by atoms with E-state index >= 15 is 0 Å². The highest BCUT2D eigenvalue weighted by Crippen LogP contribution is 2.41. The summed E-state index contributed by atoms with van der Waals surface area (Å²) in [5.41, 5.74) is 5.76. The van der Waals surface area contributed by atoms with Crippen LogP contribution >= 0.6 is 15.9 Å². The Morgan fingerprint density at radius 1 is 1.24 bits per heavy atom. The number of halogens is 1. The van der Waals surface area contributed by atoms with E-state index in [9.17, 15) is 0 Å². The number of benzene rings is 2. The van der Waals surface area contributed by atoms with Gasteiger partial charge >= 0.3 is 0 Å². The van der Waals surface area contributed by atoms with Crippen molar-refractivity contribution in [3.8, 4) is 0 Å². The second kappa shape index (κ2) is 6.33.